The summed E-state index contributed by atoms with van der Waals surface area (Å²) in [5, 5.41) is 0. The molecule has 0 atom stereocenters. The number of aliphatic imine (C=N–C) groups is 1. The Hall–Kier alpha value is -1.88. The molecule has 0 aliphatic heterocycles. The number of ether oxygens (including phenoxy) is 1. The maximum atomic E-state index is 13.1. The summed E-state index contributed by atoms with van der Waals surface area (Å²) in [4.78, 5) is 12.9. The first kappa shape index (κ1) is 12.2. The predicted molar refractivity (Wildman–Crippen MR) is 44.9 cm³/mol. The third-order valence-electron chi connectivity index (χ3n) is 1.57. The van der Waals surface area contributed by atoms with Crippen LogP contribution in [0.1, 0.15) is 5.56 Å². The number of carbonyl (C=O) groups excluding carboxylic acids is 1. The van der Waals surface area contributed by atoms with Gasteiger partial charge in [-0.25, -0.2) is 14.2 Å². The van der Waals surface area contributed by atoms with Crippen molar-refractivity contribution in [1.29, 1.82) is 0 Å². The van der Waals surface area contributed by atoms with Gasteiger partial charge in [-0.3, -0.25) is 0 Å². The lowest BCUT2D eigenvalue weighted by molar-refractivity contribution is -0.274. The van der Waals surface area contributed by atoms with E-state index in [0.29, 0.717) is 6.07 Å². The van der Waals surface area contributed by atoms with Gasteiger partial charge in [-0.15, -0.1) is 13.2 Å². The van der Waals surface area contributed by atoms with Crippen molar-refractivity contribution in [1.82, 2.24) is 0 Å². The van der Waals surface area contributed by atoms with Gasteiger partial charge in [-0.05, 0) is 6.07 Å². The molecular formula is C9H5F4NO2. The van der Waals surface area contributed by atoms with Gasteiger partial charge in [-0.2, -0.15) is 0 Å². The Morgan fingerprint density at radius 1 is 1.38 bits per heavy atom. The average molecular weight is 235 g/mol. The molecule has 0 heterocycles. The molecule has 0 saturated heterocycles. The summed E-state index contributed by atoms with van der Waals surface area (Å²) in [5.74, 6) is -1.59. The molecule has 1 rings (SSSR count). The summed E-state index contributed by atoms with van der Waals surface area (Å²) in [6, 6.07) is 2.56. The van der Waals surface area contributed by atoms with Crippen molar-refractivity contribution >= 4 is 6.08 Å². The molecule has 0 bridgehead atoms. The smallest absolute Gasteiger partial charge is 0.406 e. The van der Waals surface area contributed by atoms with Crippen LogP contribution in [-0.2, 0) is 11.3 Å². The number of benzene rings is 1. The number of nitrogens with zero attached hydrogens (tertiary/aromatic N) is 1. The van der Waals surface area contributed by atoms with E-state index in [2.05, 4.69) is 9.73 Å². The Bertz CT molecular complexity index is 424. The Balaban J connectivity index is 2.86. The van der Waals surface area contributed by atoms with E-state index in [9.17, 15) is 22.4 Å². The van der Waals surface area contributed by atoms with E-state index in [-0.39, 0.29) is 12.1 Å². The largest absolute Gasteiger partial charge is 0.573 e. The minimum Gasteiger partial charge on any atom is -0.406 e. The molecule has 0 spiro atoms. The maximum Gasteiger partial charge on any atom is 0.573 e. The Morgan fingerprint density at radius 3 is 2.56 bits per heavy atom. The normalized spacial score (nSPS) is 10.8. The molecule has 0 saturated carbocycles. The van der Waals surface area contributed by atoms with E-state index >= 15 is 0 Å². The van der Waals surface area contributed by atoms with Crippen molar-refractivity contribution in [2.24, 2.45) is 4.99 Å². The predicted octanol–water partition coefficient (Wildman–Crippen LogP) is 2.56. The van der Waals surface area contributed by atoms with Crippen molar-refractivity contribution in [3.8, 4) is 5.75 Å². The summed E-state index contributed by atoms with van der Waals surface area (Å²) in [6.45, 7) is -0.276. The van der Waals surface area contributed by atoms with Gasteiger partial charge < -0.3 is 4.74 Å². The van der Waals surface area contributed by atoms with Crippen LogP contribution in [-0.4, -0.2) is 12.4 Å². The number of isocyanates is 1. The second kappa shape index (κ2) is 4.76. The zero-order valence-corrected chi connectivity index (χ0v) is 7.71. The number of halogens is 4. The van der Waals surface area contributed by atoms with Crippen LogP contribution >= 0.6 is 0 Å². The van der Waals surface area contributed by atoms with Gasteiger partial charge in [0.2, 0.25) is 6.08 Å². The highest BCUT2D eigenvalue weighted by Crippen LogP contribution is 2.24. The van der Waals surface area contributed by atoms with Gasteiger partial charge >= 0.3 is 6.36 Å². The van der Waals surface area contributed by atoms with Crippen LogP contribution in [0.3, 0.4) is 0 Å². The molecule has 0 fully saturated rings. The van der Waals surface area contributed by atoms with E-state index < -0.39 is 17.9 Å². The van der Waals surface area contributed by atoms with Crippen LogP contribution in [0, 0.1) is 5.82 Å². The molecule has 86 valence electrons. The molecule has 0 aliphatic rings. The van der Waals surface area contributed by atoms with Crippen LogP contribution in [0.25, 0.3) is 0 Å². The van der Waals surface area contributed by atoms with E-state index in [0.717, 1.165) is 12.1 Å². The number of hydrogen-bond donors (Lipinski definition) is 0. The van der Waals surface area contributed by atoms with Gasteiger partial charge in [0.05, 0.1) is 6.54 Å². The zero-order chi connectivity index (χ0) is 12.2. The number of alkyl halides is 3. The van der Waals surface area contributed by atoms with Gasteiger partial charge in [0.15, 0.2) is 0 Å². The zero-order valence-electron chi connectivity index (χ0n) is 7.71. The number of hydrogen-bond acceptors (Lipinski definition) is 3. The lowest BCUT2D eigenvalue weighted by atomic mass is 10.2. The second-order valence-electron chi connectivity index (χ2n) is 2.71. The van der Waals surface area contributed by atoms with Crippen molar-refractivity contribution in [2.75, 3.05) is 0 Å². The van der Waals surface area contributed by atoms with E-state index in [1.807, 2.05) is 0 Å². The number of rotatable bonds is 3. The molecule has 0 unspecified atom stereocenters. The van der Waals surface area contributed by atoms with E-state index in [1.165, 1.54) is 6.08 Å². The molecular weight excluding hydrogens is 230 g/mol. The van der Waals surface area contributed by atoms with Crippen molar-refractivity contribution < 1.29 is 27.1 Å². The molecule has 1 aromatic rings. The molecule has 3 nitrogen and oxygen atoms in total. The van der Waals surface area contributed by atoms with E-state index in [4.69, 9.17) is 0 Å². The second-order valence-corrected chi connectivity index (χ2v) is 2.71. The molecule has 0 aliphatic carbocycles. The first-order valence-corrected chi connectivity index (χ1v) is 4.00. The van der Waals surface area contributed by atoms with Crippen LogP contribution in [0.15, 0.2) is 23.2 Å². The molecule has 0 amide bonds. The minimum atomic E-state index is -4.87. The monoisotopic (exact) mass is 235 g/mol. The van der Waals surface area contributed by atoms with Gasteiger partial charge in [0.25, 0.3) is 0 Å². The molecule has 7 heteroatoms. The van der Waals surface area contributed by atoms with Crippen LogP contribution < -0.4 is 4.74 Å². The summed E-state index contributed by atoms with van der Waals surface area (Å²) in [7, 11) is 0. The quantitative estimate of drug-likeness (QED) is 0.458. The first-order chi connectivity index (χ1) is 7.42. The van der Waals surface area contributed by atoms with Crippen LogP contribution in [0.2, 0.25) is 0 Å². The molecule has 16 heavy (non-hydrogen) atoms. The molecule has 0 N–H and O–H groups in total. The fraction of sp³-hybridized carbons (Fsp3) is 0.222. The molecule has 0 aromatic heterocycles. The fourth-order valence-electron chi connectivity index (χ4n) is 0.971. The summed E-state index contributed by atoms with van der Waals surface area (Å²) < 4.78 is 51.9. The highest BCUT2D eigenvalue weighted by atomic mass is 19.4. The standard InChI is InChI=1S/C9H5F4NO2/c10-8-3-7(16-9(11,12)13)2-1-6(8)4-14-5-15/h1-3H,4H2. The van der Waals surface area contributed by atoms with Gasteiger partial charge in [0.1, 0.15) is 11.6 Å². The third kappa shape index (κ3) is 3.70. The van der Waals surface area contributed by atoms with Gasteiger partial charge in [0, 0.05) is 11.6 Å². The van der Waals surface area contributed by atoms with Crippen molar-refractivity contribution in [2.45, 2.75) is 12.9 Å². The van der Waals surface area contributed by atoms with Crippen molar-refractivity contribution in [3.63, 3.8) is 0 Å². The minimum absolute atomic E-state index is 0.0159. The molecule has 0 radical (unpaired) electrons. The summed E-state index contributed by atoms with van der Waals surface area (Å²) >= 11 is 0. The first-order valence-electron chi connectivity index (χ1n) is 4.00. The Morgan fingerprint density at radius 2 is 2.06 bits per heavy atom. The third-order valence-corrected chi connectivity index (χ3v) is 1.57. The Kier molecular flexibility index (Phi) is 3.63. The lowest BCUT2D eigenvalue weighted by Gasteiger charge is -2.09. The highest BCUT2D eigenvalue weighted by molar-refractivity contribution is 5.35. The van der Waals surface area contributed by atoms with E-state index in [1.54, 1.807) is 0 Å². The van der Waals surface area contributed by atoms with Gasteiger partial charge in [-0.1, -0.05) is 6.07 Å². The fourth-order valence-corrected chi connectivity index (χ4v) is 0.971. The van der Waals surface area contributed by atoms with Crippen LogP contribution in [0.4, 0.5) is 17.6 Å². The highest BCUT2D eigenvalue weighted by Gasteiger charge is 2.31. The Labute approximate surface area is 87.4 Å². The average Bonchev–Trinajstić information content (AvgIpc) is 2.14. The topological polar surface area (TPSA) is 38.7 Å². The summed E-state index contributed by atoms with van der Waals surface area (Å²) in [6.07, 6.45) is -3.67. The van der Waals surface area contributed by atoms with Crippen molar-refractivity contribution in [3.05, 3.63) is 29.6 Å². The van der Waals surface area contributed by atoms with Crippen LogP contribution in [0.5, 0.6) is 5.75 Å². The molecule has 1 aromatic carbocycles. The SMILES string of the molecule is O=C=NCc1ccc(OC(F)(F)F)cc1F. The lowest BCUT2D eigenvalue weighted by Crippen LogP contribution is -2.17. The maximum absolute atomic E-state index is 13.1. The summed E-state index contributed by atoms with van der Waals surface area (Å²) in [5.41, 5.74) is -0.0159.